The second-order valence-corrected chi connectivity index (χ2v) is 5.76. The van der Waals surface area contributed by atoms with Crippen LogP contribution in [0.1, 0.15) is 15.9 Å². The van der Waals surface area contributed by atoms with E-state index < -0.39 is 0 Å². The van der Waals surface area contributed by atoms with Crippen molar-refractivity contribution in [1.82, 2.24) is 9.88 Å². The Hall–Kier alpha value is -2.59. The predicted molar refractivity (Wildman–Crippen MR) is 91.8 cm³/mol. The standard InChI is InChI=1S/C18H15ClN2O2/c1-21(18(23)14-7-3-4-8-15(14)19)11-13-10-12-6-2-5-9-16(12)20-17(13)22/h2-10H,11H2,1H3,(H,20,22). The molecule has 0 saturated heterocycles. The molecule has 0 saturated carbocycles. The summed E-state index contributed by atoms with van der Waals surface area (Å²) in [5.41, 5.74) is 1.55. The molecule has 5 heteroatoms. The fourth-order valence-electron chi connectivity index (χ4n) is 2.48. The maximum absolute atomic E-state index is 12.5. The van der Waals surface area contributed by atoms with Crippen molar-refractivity contribution in [3.8, 4) is 0 Å². The lowest BCUT2D eigenvalue weighted by Gasteiger charge is -2.17. The van der Waals surface area contributed by atoms with Gasteiger partial charge >= 0.3 is 0 Å². The maximum atomic E-state index is 12.5. The highest BCUT2D eigenvalue weighted by Crippen LogP contribution is 2.18. The Labute approximate surface area is 138 Å². The van der Waals surface area contributed by atoms with E-state index in [0.29, 0.717) is 16.1 Å². The van der Waals surface area contributed by atoms with E-state index in [0.717, 1.165) is 10.9 Å². The lowest BCUT2D eigenvalue weighted by atomic mass is 10.1. The molecule has 3 aromatic rings. The number of H-pyrrole nitrogens is 1. The molecule has 0 aliphatic rings. The average molecular weight is 327 g/mol. The number of amides is 1. The molecule has 0 radical (unpaired) electrons. The second-order valence-electron chi connectivity index (χ2n) is 5.35. The minimum Gasteiger partial charge on any atom is -0.337 e. The molecule has 0 aliphatic carbocycles. The van der Waals surface area contributed by atoms with E-state index >= 15 is 0 Å². The summed E-state index contributed by atoms with van der Waals surface area (Å²) in [6.07, 6.45) is 0. The van der Waals surface area contributed by atoms with Crippen molar-refractivity contribution < 1.29 is 4.79 Å². The van der Waals surface area contributed by atoms with Crippen molar-refractivity contribution in [3.63, 3.8) is 0 Å². The Morgan fingerprint density at radius 1 is 1.13 bits per heavy atom. The van der Waals surface area contributed by atoms with Crippen molar-refractivity contribution in [2.75, 3.05) is 7.05 Å². The van der Waals surface area contributed by atoms with Crippen LogP contribution in [0.3, 0.4) is 0 Å². The molecule has 4 nitrogen and oxygen atoms in total. The number of carbonyl (C=O) groups is 1. The summed E-state index contributed by atoms with van der Waals surface area (Å²) in [5, 5.41) is 1.33. The summed E-state index contributed by atoms with van der Waals surface area (Å²) in [6, 6.07) is 16.2. The van der Waals surface area contributed by atoms with Crippen molar-refractivity contribution >= 4 is 28.4 Å². The van der Waals surface area contributed by atoms with E-state index in [9.17, 15) is 9.59 Å². The van der Waals surface area contributed by atoms with E-state index in [1.165, 1.54) is 4.90 Å². The van der Waals surface area contributed by atoms with Crippen LogP contribution in [0.5, 0.6) is 0 Å². The third-order valence-electron chi connectivity index (χ3n) is 3.69. The topological polar surface area (TPSA) is 53.2 Å². The Morgan fingerprint density at radius 3 is 2.61 bits per heavy atom. The number of halogens is 1. The molecule has 1 aromatic heterocycles. The van der Waals surface area contributed by atoms with Crippen LogP contribution in [0, 0.1) is 0 Å². The van der Waals surface area contributed by atoms with Gasteiger partial charge in [-0.25, -0.2) is 0 Å². The van der Waals surface area contributed by atoms with E-state index in [1.807, 2.05) is 30.3 Å². The number of hydrogen-bond donors (Lipinski definition) is 1. The predicted octanol–water partition coefficient (Wildman–Crippen LogP) is 3.45. The molecular weight excluding hydrogens is 312 g/mol. The van der Waals surface area contributed by atoms with Gasteiger partial charge in [0, 0.05) is 18.1 Å². The van der Waals surface area contributed by atoms with Gasteiger partial charge in [-0.05, 0) is 29.7 Å². The number of rotatable bonds is 3. The van der Waals surface area contributed by atoms with Crippen molar-refractivity contribution in [3.05, 3.63) is 81.1 Å². The summed E-state index contributed by atoms with van der Waals surface area (Å²) in [4.78, 5) is 29.0. The molecule has 116 valence electrons. The van der Waals surface area contributed by atoms with Gasteiger partial charge in [0.2, 0.25) is 0 Å². The summed E-state index contributed by atoms with van der Waals surface area (Å²) in [6.45, 7) is 0.213. The molecule has 2 aromatic carbocycles. The maximum Gasteiger partial charge on any atom is 0.255 e. The highest BCUT2D eigenvalue weighted by Gasteiger charge is 2.16. The summed E-state index contributed by atoms with van der Waals surface area (Å²) >= 11 is 6.06. The zero-order chi connectivity index (χ0) is 16.4. The van der Waals surface area contributed by atoms with E-state index in [2.05, 4.69) is 4.98 Å². The highest BCUT2D eigenvalue weighted by molar-refractivity contribution is 6.33. The van der Waals surface area contributed by atoms with Crippen LogP contribution in [0.4, 0.5) is 0 Å². The van der Waals surface area contributed by atoms with Crippen LogP contribution < -0.4 is 5.56 Å². The zero-order valence-corrected chi connectivity index (χ0v) is 13.3. The number of pyridine rings is 1. The highest BCUT2D eigenvalue weighted by atomic mass is 35.5. The molecular formula is C18H15ClN2O2. The number of aromatic nitrogens is 1. The minimum atomic E-state index is -0.219. The quantitative estimate of drug-likeness (QED) is 0.801. The van der Waals surface area contributed by atoms with Crippen LogP contribution in [-0.4, -0.2) is 22.8 Å². The van der Waals surface area contributed by atoms with Crippen molar-refractivity contribution in [2.45, 2.75) is 6.54 Å². The molecule has 0 aliphatic heterocycles. The van der Waals surface area contributed by atoms with Gasteiger partial charge in [0.1, 0.15) is 0 Å². The second kappa shape index (κ2) is 6.26. The Kier molecular flexibility index (Phi) is 4.17. The van der Waals surface area contributed by atoms with Gasteiger partial charge in [0.25, 0.3) is 11.5 Å². The van der Waals surface area contributed by atoms with Gasteiger partial charge in [-0.15, -0.1) is 0 Å². The number of benzene rings is 2. The Bertz CT molecular complexity index is 933. The number of carbonyl (C=O) groups excluding carboxylic acids is 1. The Balaban J connectivity index is 1.89. The molecule has 23 heavy (non-hydrogen) atoms. The van der Waals surface area contributed by atoms with Gasteiger partial charge in [-0.2, -0.15) is 0 Å². The molecule has 1 heterocycles. The van der Waals surface area contributed by atoms with Crippen LogP contribution in [0.2, 0.25) is 5.02 Å². The number of nitrogens with one attached hydrogen (secondary N) is 1. The van der Waals surface area contributed by atoms with Crippen molar-refractivity contribution in [1.29, 1.82) is 0 Å². The number of hydrogen-bond acceptors (Lipinski definition) is 2. The van der Waals surface area contributed by atoms with Crippen LogP contribution in [0.25, 0.3) is 10.9 Å². The van der Waals surface area contributed by atoms with Gasteiger partial charge in [0.05, 0.1) is 17.1 Å². The first-order chi connectivity index (χ1) is 11.1. The SMILES string of the molecule is CN(Cc1cc2ccccc2[nH]c1=O)C(=O)c1ccccc1Cl. The number of aromatic amines is 1. The smallest absolute Gasteiger partial charge is 0.255 e. The van der Waals surface area contributed by atoms with Crippen molar-refractivity contribution in [2.24, 2.45) is 0 Å². The molecule has 1 N–H and O–H groups in total. The molecule has 0 atom stereocenters. The Morgan fingerprint density at radius 2 is 1.83 bits per heavy atom. The van der Waals surface area contributed by atoms with Crippen LogP contribution >= 0.6 is 11.6 Å². The number of para-hydroxylation sites is 1. The molecule has 0 unspecified atom stereocenters. The molecule has 3 rings (SSSR count). The average Bonchev–Trinajstić information content (AvgIpc) is 2.55. The minimum absolute atomic E-state index is 0.192. The largest absolute Gasteiger partial charge is 0.337 e. The van der Waals surface area contributed by atoms with Gasteiger partial charge in [0.15, 0.2) is 0 Å². The lowest BCUT2D eigenvalue weighted by molar-refractivity contribution is 0.0785. The van der Waals surface area contributed by atoms with Gasteiger partial charge in [-0.1, -0.05) is 41.9 Å². The molecule has 0 fully saturated rings. The first-order valence-corrected chi connectivity index (χ1v) is 7.55. The third-order valence-corrected chi connectivity index (χ3v) is 4.02. The molecule has 0 spiro atoms. The fourth-order valence-corrected chi connectivity index (χ4v) is 2.69. The number of fused-ring (bicyclic) bond motifs is 1. The molecule has 0 bridgehead atoms. The van der Waals surface area contributed by atoms with E-state index in [-0.39, 0.29) is 18.0 Å². The fraction of sp³-hybridized carbons (Fsp3) is 0.111. The van der Waals surface area contributed by atoms with Crippen LogP contribution in [0.15, 0.2) is 59.4 Å². The normalized spacial score (nSPS) is 10.7. The molecule has 1 amide bonds. The summed E-state index contributed by atoms with van der Waals surface area (Å²) in [7, 11) is 1.65. The zero-order valence-electron chi connectivity index (χ0n) is 12.5. The van der Waals surface area contributed by atoms with E-state index in [1.54, 1.807) is 31.3 Å². The third kappa shape index (κ3) is 3.12. The van der Waals surface area contributed by atoms with Crippen LogP contribution in [-0.2, 0) is 6.54 Å². The lowest BCUT2D eigenvalue weighted by Crippen LogP contribution is -2.29. The first kappa shape index (κ1) is 15.3. The summed E-state index contributed by atoms with van der Waals surface area (Å²) < 4.78 is 0. The number of nitrogens with zero attached hydrogens (tertiary/aromatic N) is 1. The summed E-state index contributed by atoms with van der Waals surface area (Å²) in [5.74, 6) is -0.219. The first-order valence-electron chi connectivity index (χ1n) is 7.17. The van der Waals surface area contributed by atoms with Gasteiger partial charge in [-0.3, -0.25) is 9.59 Å². The monoisotopic (exact) mass is 326 g/mol. The van der Waals surface area contributed by atoms with Gasteiger partial charge < -0.3 is 9.88 Å². The van der Waals surface area contributed by atoms with E-state index in [4.69, 9.17) is 11.6 Å².